The molecular weight excluding hydrogens is 265 g/mol. The first kappa shape index (κ1) is 9.95. The van der Waals surface area contributed by atoms with E-state index in [0.717, 1.165) is 6.42 Å². The SMILES string of the molecule is N[C@@H](CO)Cc1cccc(I)c1. The molecule has 1 aromatic carbocycles. The molecule has 66 valence electrons. The molecule has 3 heteroatoms. The Morgan fingerprint density at radius 3 is 2.83 bits per heavy atom. The average molecular weight is 277 g/mol. The summed E-state index contributed by atoms with van der Waals surface area (Å²) in [6, 6.07) is 8.01. The molecule has 0 aliphatic heterocycles. The van der Waals surface area contributed by atoms with Crippen LogP contribution >= 0.6 is 22.6 Å². The Morgan fingerprint density at radius 2 is 2.25 bits per heavy atom. The minimum absolute atomic E-state index is 0.0471. The fourth-order valence-corrected chi connectivity index (χ4v) is 1.64. The summed E-state index contributed by atoms with van der Waals surface area (Å²) in [5.41, 5.74) is 6.79. The van der Waals surface area contributed by atoms with Gasteiger partial charge in [0.05, 0.1) is 6.61 Å². The molecule has 0 amide bonds. The number of aliphatic hydroxyl groups excluding tert-OH is 1. The summed E-state index contributed by atoms with van der Waals surface area (Å²) in [5.74, 6) is 0. The van der Waals surface area contributed by atoms with E-state index in [0.29, 0.717) is 0 Å². The maximum atomic E-state index is 8.74. The Hall–Kier alpha value is -0.130. The molecule has 1 aromatic rings. The second-order valence-electron chi connectivity index (χ2n) is 2.78. The summed E-state index contributed by atoms with van der Waals surface area (Å²) < 4.78 is 1.20. The van der Waals surface area contributed by atoms with E-state index in [1.54, 1.807) is 0 Å². The molecule has 0 saturated heterocycles. The number of hydrogen-bond donors (Lipinski definition) is 2. The van der Waals surface area contributed by atoms with Gasteiger partial charge in [0, 0.05) is 9.61 Å². The smallest absolute Gasteiger partial charge is 0.0585 e. The van der Waals surface area contributed by atoms with Crippen LogP contribution in [0, 0.1) is 3.57 Å². The van der Waals surface area contributed by atoms with Crippen molar-refractivity contribution < 1.29 is 5.11 Å². The highest BCUT2D eigenvalue weighted by Crippen LogP contribution is 2.08. The van der Waals surface area contributed by atoms with Crippen molar-refractivity contribution in [1.82, 2.24) is 0 Å². The van der Waals surface area contributed by atoms with Gasteiger partial charge in [-0.3, -0.25) is 0 Å². The van der Waals surface area contributed by atoms with Gasteiger partial charge in [-0.25, -0.2) is 0 Å². The van der Waals surface area contributed by atoms with Crippen LogP contribution in [0.4, 0.5) is 0 Å². The van der Waals surface area contributed by atoms with Crippen LogP contribution in [0.3, 0.4) is 0 Å². The fourth-order valence-electron chi connectivity index (χ4n) is 1.03. The van der Waals surface area contributed by atoms with Crippen molar-refractivity contribution in [2.75, 3.05) is 6.61 Å². The van der Waals surface area contributed by atoms with Crippen LogP contribution in [-0.4, -0.2) is 17.8 Å². The van der Waals surface area contributed by atoms with Gasteiger partial charge in [0.2, 0.25) is 0 Å². The third-order valence-electron chi connectivity index (χ3n) is 1.62. The molecule has 0 spiro atoms. The number of hydrogen-bond acceptors (Lipinski definition) is 2. The Bertz CT molecular complexity index is 252. The number of rotatable bonds is 3. The first-order chi connectivity index (χ1) is 5.72. The molecule has 0 radical (unpaired) electrons. The lowest BCUT2D eigenvalue weighted by atomic mass is 10.1. The van der Waals surface area contributed by atoms with Gasteiger partial charge in [-0.1, -0.05) is 12.1 Å². The molecule has 0 aliphatic carbocycles. The molecule has 0 aromatic heterocycles. The summed E-state index contributed by atoms with van der Waals surface area (Å²) >= 11 is 2.26. The third kappa shape index (κ3) is 3.08. The van der Waals surface area contributed by atoms with Crippen molar-refractivity contribution in [3.63, 3.8) is 0 Å². The van der Waals surface area contributed by atoms with Gasteiger partial charge in [-0.05, 0) is 46.7 Å². The molecule has 1 rings (SSSR count). The Morgan fingerprint density at radius 1 is 1.50 bits per heavy atom. The Kier molecular flexibility index (Phi) is 3.97. The summed E-state index contributed by atoms with van der Waals surface area (Å²) in [7, 11) is 0. The molecule has 2 nitrogen and oxygen atoms in total. The zero-order valence-corrected chi connectivity index (χ0v) is 8.86. The van der Waals surface area contributed by atoms with Gasteiger partial charge in [-0.2, -0.15) is 0 Å². The van der Waals surface area contributed by atoms with E-state index < -0.39 is 0 Å². The van der Waals surface area contributed by atoms with Crippen molar-refractivity contribution in [2.45, 2.75) is 12.5 Å². The van der Waals surface area contributed by atoms with E-state index >= 15 is 0 Å². The lowest BCUT2D eigenvalue weighted by Gasteiger charge is -2.07. The second-order valence-corrected chi connectivity index (χ2v) is 4.02. The quantitative estimate of drug-likeness (QED) is 0.814. The van der Waals surface area contributed by atoms with Crippen LogP contribution < -0.4 is 5.73 Å². The standard InChI is InChI=1S/C9H12INO/c10-8-3-1-2-7(4-8)5-9(11)6-12/h1-4,9,12H,5-6,11H2/t9-/m1/s1. The van der Waals surface area contributed by atoms with Crippen molar-refractivity contribution in [3.8, 4) is 0 Å². The highest BCUT2D eigenvalue weighted by Gasteiger charge is 2.01. The third-order valence-corrected chi connectivity index (χ3v) is 2.29. The molecule has 0 bridgehead atoms. The summed E-state index contributed by atoms with van der Waals surface area (Å²) in [6.07, 6.45) is 0.743. The van der Waals surface area contributed by atoms with Crippen molar-refractivity contribution >= 4 is 22.6 Å². The first-order valence-corrected chi connectivity index (χ1v) is 4.91. The van der Waals surface area contributed by atoms with E-state index in [4.69, 9.17) is 10.8 Å². The summed E-state index contributed by atoms with van der Waals surface area (Å²) in [6.45, 7) is 0.0471. The maximum Gasteiger partial charge on any atom is 0.0585 e. The largest absolute Gasteiger partial charge is 0.395 e. The topological polar surface area (TPSA) is 46.2 Å². The molecule has 0 heterocycles. The predicted octanol–water partition coefficient (Wildman–Crippen LogP) is 1.15. The zero-order valence-electron chi connectivity index (χ0n) is 6.70. The van der Waals surface area contributed by atoms with Crippen molar-refractivity contribution in [3.05, 3.63) is 33.4 Å². The van der Waals surface area contributed by atoms with E-state index in [1.165, 1.54) is 9.13 Å². The van der Waals surface area contributed by atoms with Gasteiger partial charge >= 0.3 is 0 Å². The van der Waals surface area contributed by atoms with E-state index in [-0.39, 0.29) is 12.6 Å². The van der Waals surface area contributed by atoms with Gasteiger partial charge in [-0.15, -0.1) is 0 Å². The minimum atomic E-state index is -0.136. The second kappa shape index (κ2) is 4.79. The van der Waals surface area contributed by atoms with Gasteiger partial charge in [0.25, 0.3) is 0 Å². The van der Waals surface area contributed by atoms with Crippen LogP contribution in [0.1, 0.15) is 5.56 Å². The lowest BCUT2D eigenvalue weighted by molar-refractivity contribution is 0.265. The van der Waals surface area contributed by atoms with Gasteiger partial charge in [0.1, 0.15) is 0 Å². The number of halogens is 1. The van der Waals surface area contributed by atoms with Crippen LogP contribution in [0.5, 0.6) is 0 Å². The predicted molar refractivity (Wildman–Crippen MR) is 57.9 cm³/mol. The van der Waals surface area contributed by atoms with Gasteiger partial charge in [0.15, 0.2) is 0 Å². The number of nitrogens with two attached hydrogens (primary N) is 1. The van der Waals surface area contributed by atoms with Crippen LogP contribution in [0.15, 0.2) is 24.3 Å². The molecule has 0 unspecified atom stereocenters. The molecule has 3 N–H and O–H groups in total. The fraction of sp³-hybridized carbons (Fsp3) is 0.333. The summed E-state index contributed by atoms with van der Waals surface area (Å²) in [4.78, 5) is 0. The van der Waals surface area contributed by atoms with Gasteiger partial charge < -0.3 is 10.8 Å². The van der Waals surface area contributed by atoms with Crippen molar-refractivity contribution in [2.24, 2.45) is 5.73 Å². The molecule has 12 heavy (non-hydrogen) atoms. The molecule has 0 aliphatic rings. The zero-order chi connectivity index (χ0) is 8.97. The lowest BCUT2D eigenvalue weighted by Crippen LogP contribution is -2.26. The molecule has 0 fully saturated rings. The normalized spacial score (nSPS) is 12.9. The Labute approximate surface area is 85.9 Å². The minimum Gasteiger partial charge on any atom is -0.395 e. The molecule has 0 saturated carbocycles. The average Bonchev–Trinajstić information content (AvgIpc) is 2.04. The molecule has 1 atom stereocenters. The number of benzene rings is 1. The monoisotopic (exact) mass is 277 g/mol. The van der Waals surface area contributed by atoms with Crippen LogP contribution in [0.25, 0.3) is 0 Å². The molecular formula is C9H12INO. The van der Waals surface area contributed by atoms with Crippen molar-refractivity contribution in [1.29, 1.82) is 0 Å². The maximum absolute atomic E-state index is 8.74. The van der Waals surface area contributed by atoms with E-state index in [2.05, 4.69) is 28.7 Å². The highest BCUT2D eigenvalue weighted by molar-refractivity contribution is 14.1. The van der Waals surface area contributed by atoms with Crippen LogP contribution in [-0.2, 0) is 6.42 Å². The van der Waals surface area contributed by atoms with E-state index in [9.17, 15) is 0 Å². The first-order valence-electron chi connectivity index (χ1n) is 3.83. The highest BCUT2D eigenvalue weighted by atomic mass is 127. The van der Waals surface area contributed by atoms with Crippen LogP contribution in [0.2, 0.25) is 0 Å². The number of aliphatic hydroxyl groups is 1. The Balaban J connectivity index is 2.63. The van der Waals surface area contributed by atoms with E-state index in [1.807, 2.05) is 18.2 Å². The summed E-state index contributed by atoms with van der Waals surface area (Å²) in [5, 5.41) is 8.74.